The van der Waals surface area contributed by atoms with Crippen LogP contribution in [0.15, 0.2) is 48.6 Å². The molecule has 2 aromatic rings. The summed E-state index contributed by atoms with van der Waals surface area (Å²) < 4.78 is 33.3. The fraction of sp³-hybridized carbons (Fsp3) is 0.387. The molecule has 2 aliphatic carbocycles. The summed E-state index contributed by atoms with van der Waals surface area (Å²) >= 11 is 0. The number of hydrogen-bond donors (Lipinski definition) is 0. The zero-order chi connectivity index (χ0) is 29.5. The molecule has 0 saturated carbocycles. The monoisotopic (exact) mass is 574 g/mol. The van der Waals surface area contributed by atoms with Crippen molar-refractivity contribution in [2.45, 2.75) is 56.5 Å². The van der Waals surface area contributed by atoms with Gasteiger partial charge in [0.05, 0.1) is 23.1 Å². The minimum absolute atomic E-state index is 0.180. The van der Waals surface area contributed by atoms with Crippen LogP contribution >= 0.6 is 0 Å². The number of nitrogens with zero attached hydrogens (tertiary/aromatic N) is 2. The van der Waals surface area contributed by atoms with E-state index in [4.69, 9.17) is 14.2 Å². The lowest BCUT2D eigenvalue weighted by Crippen LogP contribution is -2.67. The third-order valence-electron chi connectivity index (χ3n) is 9.17. The van der Waals surface area contributed by atoms with Crippen molar-refractivity contribution in [2.24, 2.45) is 5.92 Å². The van der Waals surface area contributed by atoms with Crippen LogP contribution in [0.4, 0.5) is 4.39 Å². The summed E-state index contributed by atoms with van der Waals surface area (Å²) in [5.41, 5.74) is 1.41. The summed E-state index contributed by atoms with van der Waals surface area (Å²) in [6.07, 6.45) is 0.945. The standard InChI is InChI=1S/C31H27FN2O8/c1-15(35)40-23-9-7-17-13-22-20-8-10-24(41-16(2)36)27-31(20,25(17)26(23)42-27)11-12-33(22)30(39)21(32)14-34-28(37)18-5-3-4-6-19(18)29(34)38/h3-10,20-22,24,27H,11-14H2,1-2H3/t20-,21+,22+,24-,27-,31-/m0/s1. The molecule has 1 fully saturated rings. The van der Waals surface area contributed by atoms with Gasteiger partial charge in [0.2, 0.25) is 0 Å². The van der Waals surface area contributed by atoms with Gasteiger partial charge in [-0.05, 0) is 42.7 Å². The average molecular weight is 575 g/mol. The van der Waals surface area contributed by atoms with Crippen molar-refractivity contribution in [1.29, 1.82) is 0 Å². The fourth-order valence-electron chi connectivity index (χ4n) is 7.65. The molecule has 7 rings (SSSR count). The second-order valence-electron chi connectivity index (χ2n) is 11.4. The molecular formula is C31H27FN2O8. The van der Waals surface area contributed by atoms with E-state index in [0.29, 0.717) is 18.6 Å². The number of carbonyl (C=O) groups excluding carboxylic acids is 5. The van der Waals surface area contributed by atoms with Crippen LogP contribution < -0.4 is 9.47 Å². The molecule has 0 aromatic heterocycles. The number of likely N-dealkylation sites (tertiary alicyclic amines) is 1. The van der Waals surface area contributed by atoms with E-state index < -0.39 is 66.0 Å². The van der Waals surface area contributed by atoms with Gasteiger partial charge in [0.25, 0.3) is 17.7 Å². The Morgan fingerprint density at radius 1 is 1.05 bits per heavy atom. The summed E-state index contributed by atoms with van der Waals surface area (Å²) in [6, 6.07) is 9.28. The van der Waals surface area contributed by atoms with Crippen LogP contribution in [0.25, 0.3) is 0 Å². The molecule has 0 unspecified atom stereocenters. The summed E-state index contributed by atoms with van der Waals surface area (Å²) in [4.78, 5) is 65.4. The highest BCUT2D eigenvalue weighted by Crippen LogP contribution is 2.63. The van der Waals surface area contributed by atoms with Crippen molar-refractivity contribution >= 4 is 29.7 Å². The van der Waals surface area contributed by atoms with Crippen molar-refractivity contribution in [3.63, 3.8) is 0 Å². The van der Waals surface area contributed by atoms with Crippen LogP contribution in [0.3, 0.4) is 0 Å². The van der Waals surface area contributed by atoms with E-state index in [1.165, 1.54) is 30.9 Å². The lowest BCUT2D eigenvalue weighted by Gasteiger charge is -2.57. The third-order valence-corrected chi connectivity index (χ3v) is 9.17. The molecule has 216 valence electrons. The maximum atomic E-state index is 15.7. The van der Waals surface area contributed by atoms with Gasteiger partial charge in [-0.15, -0.1) is 0 Å². The van der Waals surface area contributed by atoms with Crippen LogP contribution in [0.2, 0.25) is 0 Å². The topological polar surface area (TPSA) is 120 Å². The molecule has 0 N–H and O–H groups in total. The van der Waals surface area contributed by atoms with E-state index in [0.717, 1.165) is 16.0 Å². The summed E-state index contributed by atoms with van der Waals surface area (Å²) in [5.74, 6) is -2.63. The summed E-state index contributed by atoms with van der Waals surface area (Å²) in [6.45, 7) is 2.12. The highest BCUT2D eigenvalue weighted by Gasteiger charge is 2.66. The van der Waals surface area contributed by atoms with Gasteiger partial charge in [0.1, 0.15) is 6.10 Å². The Labute approximate surface area is 240 Å². The second kappa shape index (κ2) is 9.23. The number of amides is 3. The minimum atomic E-state index is -2.11. The zero-order valence-electron chi connectivity index (χ0n) is 22.9. The molecule has 10 nitrogen and oxygen atoms in total. The first kappa shape index (κ1) is 26.4. The third kappa shape index (κ3) is 3.58. The Bertz CT molecular complexity index is 1580. The molecular weight excluding hydrogens is 547 g/mol. The molecule has 5 aliphatic rings. The van der Waals surface area contributed by atoms with Gasteiger partial charge in [-0.25, -0.2) is 4.39 Å². The highest BCUT2D eigenvalue weighted by molar-refractivity contribution is 6.21. The van der Waals surface area contributed by atoms with Gasteiger partial charge in [0.15, 0.2) is 23.8 Å². The summed E-state index contributed by atoms with van der Waals surface area (Å²) in [7, 11) is 0. The predicted octanol–water partition coefficient (Wildman–Crippen LogP) is 2.52. The van der Waals surface area contributed by atoms with Crippen molar-refractivity contribution < 1.29 is 42.6 Å². The van der Waals surface area contributed by atoms with Gasteiger partial charge in [-0.2, -0.15) is 0 Å². The number of halogens is 1. The number of piperidine rings is 1. The van der Waals surface area contributed by atoms with E-state index in [2.05, 4.69) is 0 Å². The second-order valence-corrected chi connectivity index (χ2v) is 11.4. The van der Waals surface area contributed by atoms with E-state index in [1.807, 2.05) is 12.1 Å². The largest absolute Gasteiger partial charge is 0.481 e. The van der Waals surface area contributed by atoms with Crippen LogP contribution in [0, 0.1) is 5.92 Å². The highest BCUT2D eigenvalue weighted by atomic mass is 19.1. The van der Waals surface area contributed by atoms with E-state index in [1.54, 1.807) is 24.3 Å². The van der Waals surface area contributed by atoms with Crippen molar-refractivity contribution in [3.8, 4) is 11.5 Å². The van der Waals surface area contributed by atoms with Crippen LogP contribution in [0.5, 0.6) is 11.5 Å². The zero-order valence-corrected chi connectivity index (χ0v) is 22.9. The number of ether oxygens (including phenoxy) is 3. The molecule has 1 spiro atoms. The number of hydrogen-bond acceptors (Lipinski definition) is 8. The molecule has 0 radical (unpaired) electrons. The molecule has 2 aromatic carbocycles. The van der Waals surface area contributed by atoms with E-state index in [-0.39, 0.29) is 29.3 Å². The number of rotatable bonds is 5. The van der Waals surface area contributed by atoms with E-state index >= 15 is 4.39 Å². The first-order valence-electron chi connectivity index (χ1n) is 13.9. The first-order chi connectivity index (χ1) is 20.1. The summed E-state index contributed by atoms with van der Waals surface area (Å²) in [5, 5.41) is 0. The van der Waals surface area contributed by atoms with Gasteiger partial charge >= 0.3 is 11.9 Å². The van der Waals surface area contributed by atoms with Gasteiger partial charge in [-0.3, -0.25) is 28.9 Å². The van der Waals surface area contributed by atoms with Gasteiger partial charge in [-0.1, -0.05) is 24.3 Å². The molecule has 3 heterocycles. The Balaban J connectivity index is 1.22. The predicted molar refractivity (Wildman–Crippen MR) is 143 cm³/mol. The van der Waals surface area contributed by atoms with Crippen LogP contribution in [-0.2, 0) is 31.0 Å². The quantitative estimate of drug-likeness (QED) is 0.231. The number of imide groups is 1. The Hall–Kier alpha value is -4.54. The number of carbonyl (C=O) groups is 5. The lowest BCUT2D eigenvalue weighted by atomic mass is 9.53. The van der Waals surface area contributed by atoms with Crippen molar-refractivity contribution in [1.82, 2.24) is 9.80 Å². The molecule has 1 saturated heterocycles. The molecule has 3 aliphatic heterocycles. The normalized spacial score (nSPS) is 28.5. The first-order valence-corrected chi connectivity index (χ1v) is 13.9. The SMILES string of the molecule is CC(=O)Oc1ccc2c3c1O[C@H]1[C@@H](OC(C)=O)C=C[C@H]4[C@@H](C2)N(C(=O)[C@H](F)CN2C(=O)c5ccccc5C2=O)CC[C@@]341. The van der Waals surface area contributed by atoms with Gasteiger partial charge in [0, 0.05) is 37.9 Å². The fourth-order valence-corrected chi connectivity index (χ4v) is 7.65. The van der Waals surface area contributed by atoms with Crippen LogP contribution in [0.1, 0.15) is 52.1 Å². The maximum absolute atomic E-state index is 15.7. The number of fused-ring (bicyclic) bond motifs is 1. The molecule has 2 bridgehead atoms. The average Bonchev–Trinajstić information content (AvgIpc) is 3.42. The van der Waals surface area contributed by atoms with Gasteiger partial charge < -0.3 is 19.1 Å². The molecule has 6 atom stereocenters. The Kier molecular flexibility index (Phi) is 5.80. The van der Waals surface area contributed by atoms with Crippen LogP contribution in [-0.4, -0.2) is 77.0 Å². The Morgan fingerprint density at radius 3 is 2.43 bits per heavy atom. The Morgan fingerprint density at radius 2 is 1.76 bits per heavy atom. The van der Waals surface area contributed by atoms with E-state index in [9.17, 15) is 24.0 Å². The molecule has 11 heteroatoms. The number of benzene rings is 2. The molecule has 3 amide bonds. The minimum Gasteiger partial charge on any atom is -0.481 e. The smallest absolute Gasteiger partial charge is 0.308 e. The molecule has 42 heavy (non-hydrogen) atoms. The lowest BCUT2D eigenvalue weighted by molar-refractivity contribution is -0.155. The van der Waals surface area contributed by atoms with Crippen molar-refractivity contribution in [2.75, 3.05) is 13.1 Å². The number of esters is 2. The number of alkyl halides is 1. The maximum Gasteiger partial charge on any atom is 0.308 e. The van der Waals surface area contributed by atoms with Crippen molar-refractivity contribution in [3.05, 3.63) is 70.8 Å².